The first-order chi connectivity index (χ1) is 13.1. The Labute approximate surface area is 171 Å². The fourth-order valence-corrected chi connectivity index (χ4v) is 4.58. The standard InChI is InChI=1S/C19H16ClFN2O3S2/c1-19(2,28(25,26)15-9-5-13(20)6-10-15)17(24)23-18-22-16(11-27-18)12-3-7-14(21)8-4-12/h3-11H,1-2H3,(H,22,23,24). The van der Waals surface area contributed by atoms with E-state index in [0.717, 1.165) is 11.3 Å². The van der Waals surface area contributed by atoms with Crippen molar-refractivity contribution in [1.82, 2.24) is 4.98 Å². The van der Waals surface area contributed by atoms with Crippen molar-refractivity contribution in [2.75, 3.05) is 5.32 Å². The van der Waals surface area contributed by atoms with Crippen molar-refractivity contribution >= 4 is 43.8 Å². The molecule has 9 heteroatoms. The molecule has 0 aliphatic carbocycles. The zero-order valence-corrected chi connectivity index (χ0v) is 17.3. The molecular weight excluding hydrogens is 423 g/mol. The molecule has 28 heavy (non-hydrogen) atoms. The average molecular weight is 439 g/mol. The van der Waals surface area contributed by atoms with E-state index in [1.54, 1.807) is 17.5 Å². The van der Waals surface area contributed by atoms with Crippen LogP contribution < -0.4 is 5.32 Å². The van der Waals surface area contributed by atoms with Crippen molar-refractivity contribution in [3.8, 4) is 11.3 Å². The Morgan fingerprint density at radius 1 is 1.11 bits per heavy atom. The average Bonchev–Trinajstić information content (AvgIpc) is 3.11. The minimum absolute atomic E-state index is 0.00295. The third-order valence-corrected chi connectivity index (χ3v) is 7.64. The molecule has 0 aliphatic heterocycles. The first kappa shape index (κ1) is 20.4. The minimum atomic E-state index is -3.96. The number of carbonyl (C=O) groups excluding carboxylic acids is 1. The highest BCUT2D eigenvalue weighted by molar-refractivity contribution is 7.93. The largest absolute Gasteiger partial charge is 0.301 e. The molecule has 0 saturated heterocycles. The number of amides is 1. The van der Waals surface area contributed by atoms with Crippen LogP contribution in [0.1, 0.15) is 13.8 Å². The summed E-state index contributed by atoms with van der Waals surface area (Å²) in [7, 11) is -3.96. The highest BCUT2D eigenvalue weighted by atomic mass is 35.5. The Balaban J connectivity index is 1.82. The second kappa shape index (κ2) is 7.62. The molecule has 0 aliphatic rings. The molecule has 2 aromatic carbocycles. The fraction of sp³-hybridized carbons (Fsp3) is 0.158. The van der Waals surface area contributed by atoms with E-state index < -0.39 is 20.5 Å². The van der Waals surface area contributed by atoms with Crippen molar-refractivity contribution < 1.29 is 17.6 Å². The lowest BCUT2D eigenvalue weighted by Crippen LogP contribution is -2.44. The van der Waals surface area contributed by atoms with Crippen LogP contribution in [0.2, 0.25) is 5.02 Å². The summed E-state index contributed by atoms with van der Waals surface area (Å²) in [5.41, 5.74) is 1.24. The third kappa shape index (κ3) is 3.94. The summed E-state index contributed by atoms with van der Waals surface area (Å²) in [6.45, 7) is 2.67. The summed E-state index contributed by atoms with van der Waals surface area (Å²) < 4.78 is 37.1. The summed E-state index contributed by atoms with van der Waals surface area (Å²) in [5.74, 6) is -1.07. The number of anilines is 1. The number of sulfone groups is 1. The molecule has 1 aromatic heterocycles. The van der Waals surface area contributed by atoms with Crippen molar-refractivity contribution in [3.05, 3.63) is 64.8 Å². The maximum Gasteiger partial charge on any atom is 0.247 e. The predicted octanol–water partition coefficient (Wildman–Crippen LogP) is 4.79. The number of nitrogens with one attached hydrogen (secondary N) is 1. The molecule has 146 valence electrons. The van der Waals surface area contributed by atoms with E-state index in [1.165, 1.54) is 50.2 Å². The number of thiazole rings is 1. The van der Waals surface area contributed by atoms with E-state index in [4.69, 9.17) is 11.6 Å². The lowest BCUT2D eigenvalue weighted by atomic mass is 10.2. The van der Waals surface area contributed by atoms with Crippen molar-refractivity contribution in [2.45, 2.75) is 23.5 Å². The van der Waals surface area contributed by atoms with Gasteiger partial charge in [0.1, 0.15) is 10.6 Å². The van der Waals surface area contributed by atoms with Gasteiger partial charge in [0.15, 0.2) is 15.0 Å². The molecule has 0 fully saturated rings. The molecule has 0 spiro atoms. The van der Waals surface area contributed by atoms with E-state index in [0.29, 0.717) is 16.3 Å². The molecule has 3 aromatic rings. The maximum absolute atomic E-state index is 13.0. The molecule has 0 bridgehead atoms. The molecule has 1 heterocycles. The van der Waals surface area contributed by atoms with Gasteiger partial charge in [-0.15, -0.1) is 11.3 Å². The predicted molar refractivity (Wildman–Crippen MR) is 109 cm³/mol. The van der Waals surface area contributed by atoms with Gasteiger partial charge in [-0.25, -0.2) is 17.8 Å². The smallest absolute Gasteiger partial charge is 0.247 e. The number of hydrogen-bond acceptors (Lipinski definition) is 5. The monoisotopic (exact) mass is 438 g/mol. The van der Waals surface area contributed by atoms with E-state index in [2.05, 4.69) is 10.3 Å². The lowest BCUT2D eigenvalue weighted by molar-refractivity contribution is -0.117. The van der Waals surface area contributed by atoms with Crippen molar-refractivity contribution in [1.29, 1.82) is 0 Å². The summed E-state index contributed by atoms with van der Waals surface area (Å²) in [6, 6.07) is 11.4. The van der Waals surface area contributed by atoms with E-state index in [-0.39, 0.29) is 15.8 Å². The summed E-state index contributed by atoms with van der Waals surface area (Å²) in [5, 5.41) is 4.91. The van der Waals surface area contributed by atoms with Gasteiger partial charge in [-0.3, -0.25) is 4.79 Å². The van der Waals surface area contributed by atoms with Gasteiger partial charge in [-0.2, -0.15) is 0 Å². The van der Waals surface area contributed by atoms with Gasteiger partial charge in [-0.1, -0.05) is 11.6 Å². The normalized spacial score (nSPS) is 12.0. The Morgan fingerprint density at radius 2 is 1.71 bits per heavy atom. The van der Waals surface area contributed by atoms with Crippen molar-refractivity contribution in [2.24, 2.45) is 0 Å². The van der Waals surface area contributed by atoms with Crippen LogP contribution >= 0.6 is 22.9 Å². The van der Waals surface area contributed by atoms with Crippen LogP contribution in [-0.2, 0) is 14.6 Å². The number of hydrogen-bond donors (Lipinski definition) is 1. The van der Waals surface area contributed by atoms with Crippen LogP contribution in [-0.4, -0.2) is 24.1 Å². The van der Waals surface area contributed by atoms with Crippen LogP contribution in [0.15, 0.2) is 58.8 Å². The molecule has 3 rings (SSSR count). The van der Waals surface area contributed by atoms with E-state index in [9.17, 15) is 17.6 Å². The number of nitrogens with zero attached hydrogens (tertiary/aromatic N) is 1. The van der Waals surface area contributed by atoms with Gasteiger partial charge in [0.2, 0.25) is 5.91 Å². The fourth-order valence-electron chi connectivity index (χ4n) is 2.36. The molecule has 5 nitrogen and oxygen atoms in total. The Morgan fingerprint density at radius 3 is 2.32 bits per heavy atom. The summed E-state index contributed by atoms with van der Waals surface area (Å²) in [4.78, 5) is 17.0. The number of aromatic nitrogens is 1. The van der Waals surface area contributed by atoms with Crippen LogP contribution in [0.3, 0.4) is 0 Å². The molecule has 0 saturated carbocycles. The van der Waals surface area contributed by atoms with Crippen LogP contribution in [0, 0.1) is 5.82 Å². The van der Waals surface area contributed by atoms with Gasteiger partial charge in [0, 0.05) is 16.0 Å². The first-order valence-corrected chi connectivity index (χ1v) is 10.9. The van der Waals surface area contributed by atoms with Gasteiger partial charge in [0.05, 0.1) is 10.6 Å². The van der Waals surface area contributed by atoms with Crippen LogP contribution in [0.25, 0.3) is 11.3 Å². The van der Waals surface area contributed by atoms with Gasteiger partial charge in [0.25, 0.3) is 0 Å². The SMILES string of the molecule is CC(C)(C(=O)Nc1nc(-c2ccc(F)cc2)cs1)S(=O)(=O)c1ccc(Cl)cc1. The molecular formula is C19H16ClFN2O3S2. The maximum atomic E-state index is 13.0. The molecule has 0 unspecified atom stereocenters. The molecule has 1 N–H and O–H groups in total. The topological polar surface area (TPSA) is 76.1 Å². The van der Waals surface area contributed by atoms with Gasteiger partial charge in [-0.05, 0) is 62.4 Å². The van der Waals surface area contributed by atoms with E-state index >= 15 is 0 Å². The number of benzene rings is 2. The second-order valence-corrected chi connectivity index (χ2v) is 10.3. The highest BCUT2D eigenvalue weighted by Crippen LogP contribution is 2.30. The zero-order valence-electron chi connectivity index (χ0n) is 14.9. The van der Waals surface area contributed by atoms with E-state index in [1.807, 2.05) is 0 Å². The quantitative estimate of drug-likeness (QED) is 0.621. The van der Waals surface area contributed by atoms with Crippen molar-refractivity contribution in [3.63, 3.8) is 0 Å². The number of carbonyl (C=O) groups is 1. The summed E-state index contributed by atoms with van der Waals surface area (Å²) in [6.07, 6.45) is 0. The number of rotatable bonds is 5. The molecule has 0 atom stereocenters. The first-order valence-electron chi connectivity index (χ1n) is 8.14. The highest BCUT2D eigenvalue weighted by Gasteiger charge is 2.43. The third-order valence-electron chi connectivity index (χ3n) is 4.21. The Hall–Kier alpha value is -2.29. The minimum Gasteiger partial charge on any atom is -0.301 e. The van der Waals surface area contributed by atoms with Crippen LogP contribution in [0.4, 0.5) is 9.52 Å². The molecule has 1 amide bonds. The summed E-state index contributed by atoms with van der Waals surface area (Å²) >= 11 is 6.96. The Kier molecular flexibility index (Phi) is 5.56. The Bertz CT molecular complexity index is 1110. The molecule has 0 radical (unpaired) electrons. The second-order valence-electron chi connectivity index (χ2n) is 6.47. The van der Waals surface area contributed by atoms with Gasteiger partial charge < -0.3 is 5.32 Å². The zero-order chi connectivity index (χ0) is 20.5. The lowest BCUT2D eigenvalue weighted by Gasteiger charge is -2.23. The van der Waals surface area contributed by atoms with Crippen LogP contribution in [0.5, 0.6) is 0 Å². The van der Waals surface area contributed by atoms with Gasteiger partial charge >= 0.3 is 0 Å². The number of halogens is 2.